The second-order valence-corrected chi connectivity index (χ2v) is 7.59. The van der Waals surface area contributed by atoms with Crippen molar-refractivity contribution in [1.82, 2.24) is 4.98 Å². The highest BCUT2D eigenvalue weighted by Crippen LogP contribution is 2.43. The number of hydrogen-bond acceptors (Lipinski definition) is 2. The summed E-state index contributed by atoms with van der Waals surface area (Å²) in [7, 11) is 0. The molecule has 1 heterocycles. The number of fused-ring (bicyclic) bond motifs is 3. The van der Waals surface area contributed by atoms with Gasteiger partial charge in [-0.3, -0.25) is 0 Å². The van der Waals surface area contributed by atoms with Crippen LogP contribution in [0.1, 0.15) is 0 Å². The summed E-state index contributed by atoms with van der Waals surface area (Å²) in [5.41, 5.74) is 2.29. The Morgan fingerprint density at radius 3 is 1.83 bits per heavy atom. The topological polar surface area (TPSA) is 12.9 Å². The van der Waals surface area contributed by atoms with E-state index in [-0.39, 0.29) is 0 Å². The van der Waals surface area contributed by atoms with Crippen LogP contribution in [0.4, 0.5) is 0 Å². The van der Waals surface area contributed by atoms with Gasteiger partial charge in [-0.15, -0.1) is 11.3 Å². The van der Waals surface area contributed by atoms with E-state index in [0.717, 1.165) is 15.0 Å². The van der Waals surface area contributed by atoms with Gasteiger partial charge in [0.2, 0.25) is 0 Å². The van der Waals surface area contributed by atoms with Gasteiger partial charge in [-0.1, -0.05) is 60.7 Å². The van der Waals surface area contributed by atoms with Crippen LogP contribution in [-0.4, -0.2) is 4.98 Å². The lowest BCUT2D eigenvalue weighted by Gasteiger charge is -2.12. The first-order chi connectivity index (χ1) is 11.8. The first kappa shape index (κ1) is 14.1. The van der Waals surface area contributed by atoms with Gasteiger partial charge in [-0.05, 0) is 49.6 Å². The molecule has 0 N–H and O–H groups in total. The zero-order valence-corrected chi connectivity index (χ0v) is 15.1. The van der Waals surface area contributed by atoms with Crippen molar-refractivity contribution in [2.24, 2.45) is 0 Å². The molecule has 0 fully saturated rings. The van der Waals surface area contributed by atoms with E-state index in [1.165, 1.54) is 31.8 Å². The Kier molecular flexibility index (Phi) is 3.18. The first-order valence-electron chi connectivity index (χ1n) is 7.78. The summed E-state index contributed by atoms with van der Waals surface area (Å²) >= 11 is 5.57. The largest absolute Gasteiger partial charge is 0.236 e. The maximum Gasteiger partial charge on any atom is 0.125 e. The molecule has 0 atom stereocenters. The molecule has 0 saturated carbocycles. The summed E-state index contributed by atoms with van der Waals surface area (Å²) in [6.45, 7) is 0. The number of thiazole rings is 1. The minimum absolute atomic E-state index is 1.06. The monoisotopic (exact) mass is 389 g/mol. The summed E-state index contributed by atoms with van der Waals surface area (Å²) in [6, 6.07) is 25.4. The van der Waals surface area contributed by atoms with E-state index in [2.05, 4.69) is 82.7 Å². The smallest absolute Gasteiger partial charge is 0.125 e. The first-order valence-corrected chi connectivity index (χ1v) is 9.39. The number of nitrogens with zero attached hydrogens (tertiary/aromatic N) is 1. The van der Waals surface area contributed by atoms with Crippen molar-refractivity contribution >= 4 is 59.0 Å². The maximum absolute atomic E-state index is 4.92. The van der Waals surface area contributed by atoms with Gasteiger partial charge in [0, 0.05) is 10.0 Å². The molecular formula is C21H12BrNS. The fourth-order valence-corrected chi connectivity index (χ4v) is 5.02. The molecule has 4 aromatic carbocycles. The van der Waals surface area contributed by atoms with Gasteiger partial charge in [0.05, 0.1) is 10.2 Å². The molecule has 3 heteroatoms. The Bertz CT molecular complexity index is 1130. The van der Waals surface area contributed by atoms with Crippen LogP contribution in [0.15, 0.2) is 77.3 Å². The van der Waals surface area contributed by atoms with Crippen molar-refractivity contribution in [3.05, 3.63) is 77.3 Å². The van der Waals surface area contributed by atoms with Gasteiger partial charge in [0.1, 0.15) is 5.01 Å². The molecule has 0 amide bonds. The number of hydrogen-bond donors (Lipinski definition) is 0. The summed E-state index contributed by atoms with van der Waals surface area (Å²) < 4.78 is 2.38. The quantitative estimate of drug-likeness (QED) is 0.280. The van der Waals surface area contributed by atoms with Crippen molar-refractivity contribution in [2.75, 3.05) is 0 Å². The molecule has 0 aliphatic heterocycles. The van der Waals surface area contributed by atoms with Crippen molar-refractivity contribution < 1.29 is 0 Å². The van der Waals surface area contributed by atoms with Gasteiger partial charge < -0.3 is 0 Å². The Morgan fingerprint density at radius 1 is 0.667 bits per heavy atom. The van der Waals surface area contributed by atoms with Gasteiger partial charge in [-0.25, -0.2) is 4.98 Å². The van der Waals surface area contributed by atoms with E-state index < -0.39 is 0 Å². The summed E-state index contributed by atoms with van der Waals surface area (Å²) in [5, 5.41) is 6.01. The normalized spacial score (nSPS) is 11.5. The number of halogens is 1. The number of aromatic nitrogens is 1. The standard InChI is InChI=1S/C21H12BrNS/c22-20-15-9-3-1-7-13(15)19(14-8-2-4-10-16(14)20)21-23-17-11-5-6-12-18(17)24-21/h1-12H. The predicted octanol–water partition coefficient (Wildman–Crippen LogP) is 7.03. The molecule has 0 radical (unpaired) electrons. The highest BCUT2D eigenvalue weighted by Gasteiger charge is 2.16. The molecule has 0 aliphatic carbocycles. The van der Waals surface area contributed by atoms with Crippen LogP contribution in [0, 0.1) is 0 Å². The zero-order chi connectivity index (χ0) is 16.1. The van der Waals surface area contributed by atoms with Crippen molar-refractivity contribution in [3.63, 3.8) is 0 Å². The van der Waals surface area contributed by atoms with Gasteiger partial charge in [-0.2, -0.15) is 0 Å². The molecule has 24 heavy (non-hydrogen) atoms. The van der Waals surface area contributed by atoms with Crippen molar-refractivity contribution in [1.29, 1.82) is 0 Å². The second-order valence-electron chi connectivity index (χ2n) is 5.77. The lowest BCUT2D eigenvalue weighted by atomic mass is 9.97. The number of benzene rings is 4. The van der Waals surface area contributed by atoms with E-state index >= 15 is 0 Å². The fourth-order valence-electron chi connectivity index (χ4n) is 3.28. The van der Waals surface area contributed by atoms with Crippen LogP contribution in [0.25, 0.3) is 42.3 Å². The average molecular weight is 390 g/mol. The number of rotatable bonds is 1. The average Bonchev–Trinajstić information content (AvgIpc) is 3.06. The van der Waals surface area contributed by atoms with Crippen molar-refractivity contribution in [2.45, 2.75) is 0 Å². The van der Waals surface area contributed by atoms with Gasteiger partial charge in [0.15, 0.2) is 0 Å². The molecule has 1 nitrogen and oxygen atoms in total. The van der Waals surface area contributed by atoms with Crippen LogP contribution >= 0.6 is 27.3 Å². The summed E-state index contributed by atoms with van der Waals surface area (Å²) in [5.74, 6) is 0. The molecule has 0 aliphatic rings. The highest BCUT2D eigenvalue weighted by atomic mass is 79.9. The molecule has 5 rings (SSSR count). The molecule has 114 valence electrons. The Labute approximate surface area is 151 Å². The van der Waals surface area contributed by atoms with Gasteiger partial charge in [0.25, 0.3) is 0 Å². The van der Waals surface area contributed by atoms with E-state index in [0.29, 0.717) is 0 Å². The minimum Gasteiger partial charge on any atom is -0.236 e. The maximum atomic E-state index is 4.92. The molecule has 1 aromatic heterocycles. The molecular weight excluding hydrogens is 378 g/mol. The molecule has 0 spiro atoms. The van der Waals surface area contributed by atoms with Gasteiger partial charge >= 0.3 is 0 Å². The lowest BCUT2D eigenvalue weighted by Crippen LogP contribution is -1.86. The van der Waals surface area contributed by atoms with E-state index in [1.54, 1.807) is 11.3 Å². The minimum atomic E-state index is 1.06. The second kappa shape index (κ2) is 5.40. The predicted molar refractivity (Wildman–Crippen MR) is 108 cm³/mol. The fraction of sp³-hybridized carbons (Fsp3) is 0. The van der Waals surface area contributed by atoms with Crippen LogP contribution in [0.3, 0.4) is 0 Å². The van der Waals surface area contributed by atoms with Crippen LogP contribution < -0.4 is 0 Å². The molecule has 0 unspecified atom stereocenters. The van der Waals surface area contributed by atoms with Crippen LogP contribution in [-0.2, 0) is 0 Å². The lowest BCUT2D eigenvalue weighted by molar-refractivity contribution is 1.50. The van der Waals surface area contributed by atoms with Crippen LogP contribution in [0.2, 0.25) is 0 Å². The van der Waals surface area contributed by atoms with Crippen LogP contribution in [0.5, 0.6) is 0 Å². The summed E-state index contributed by atoms with van der Waals surface area (Å²) in [6.07, 6.45) is 0. The van der Waals surface area contributed by atoms with E-state index in [9.17, 15) is 0 Å². The third-order valence-electron chi connectivity index (χ3n) is 4.37. The van der Waals surface area contributed by atoms with E-state index in [4.69, 9.17) is 4.98 Å². The SMILES string of the molecule is Brc1c2ccccc2c(-c2nc3ccccc3s2)c2ccccc12. The molecule has 0 saturated heterocycles. The third kappa shape index (κ3) is 2.02. The van der Waals surface area contributed by atoms with Crippen molar-refractivity contribution in [3.8, 4) is 10.6 Å². The molecule has 5 aromatic rings. The summed E-state index contributed by atoms with van der Waals surface area (Å²) in [4.78, 5) is 4.92. The van der Waals surface area contributed by atoms with E-state index in [1.807, 2.05) is 6.07 Å². The Balaban J connectivity index is 2.00. The third-order valence-corrected chi connectivity index (χ3v) is 6.28. The number of para-hydroxylation sites is 1. The Morgan fingerprint density at radius 2 is 1.21 bits per heavy atom. The Hall–Kier alpha value is -2.23. The molecule has 0 bridgehead atoms. The zero-order valence-electron chi connectivity index (χ0n) is 12.7. The highest BCUT2D eigenvalue weighted by molar-refractivity contribution is 9.10.